The van der Waals surface area contributed by atoms with Crippen molar-refractivity contribution in [3.05, 3.63) is 82.6 Å². The van der Waals surface area contributed by atoms with Gasteiger partial charge < -0.3 is 10.2 Å². The number of anilines is 1. The van der Waals surface area contributed by atoms with Crippen LogP contribution in [0.25, 0.3) is 0 Å². The average molecular weight is 494 g/mol. The van der Waals surface area contributed by atoms with E-state index in [1.54, 1.807) is 12.3 Å². The SMILES string of the molecule is FC(F)(F)c1cccc(CN2CCN(C(=S)Nc3cnn(Cc4cccc(Cl)c4)c3)CC2)c1. The lowest BCUT2D eigenvalue weighted by atomic mass is 10.1. The summed E-state index contributed by atoms with van der Waals surface area (Å²) in [4.78, 5) is 4.20. The van der Waals surface area contributed by atoms with Gasteiger partial charge in [0.25, 0.3) is 0 Å². The van der Waals surface area contributed by atoms with E-state index in [2.05, 4.69) is 20.2 Å². The number of benzene rings is 2. The van der Waals surface area contributed by atoms with Gasteiger partial charge in [0.2, 0.25) is 0 Å². The van der Waals surface area contributed by atoms with Crippen molar-refractivity contribution in [1.29, 1.82) is 0 Å². The summed E-state index contributed by atoms with van der Waals surface area (Å²) in [7, 11) is 0. The lowest BCUT2D eigenvalue weighted by molar-refractivity contribution is -0.137. The predicted molar refractivity (Wildman–Crippen MR) is 127 cm³/mol. The molecule has 0 bridgehead atoms. The van der Waals surface area contributed by atoms with Crippen molar-refractivity contribution in [2.24, 2.45) is 0 Å². The first-order valence-corrected chi connectivity index (χ1v) is 11.3. The molecule has 0 amide bonds. The Morgan fingerprint density at radius 3 is 2.39 bits per heavy atom. The summed E-state index contributed by atoms with van der Waals surface area (Å²) in [6.07, 6.45) is -0.716. The molecular weight excluding hydrogens is 471 g/mol. The third-order valence-electron chi connectivity index (χ3n) is 5.44. The molecular formula is C23H23ClF3N5S. The van der Waals surface area contributed by atoms with Gasteiger partial charge in [-0.1, -0.05) is 41.9 Å². The van der Waals surface area contributed by atoms with Crippen LogP contribution in [0.2, 0.25) is 5.02 Å². The highest BCUT2D eigenvalue weighted by molar-refractivity contribution is 7.80. The minimum Gasteiger partial charge on any atom is -0.346 e. The third kappa shape index (κ3) is 6.46. The summed E-state index contributed by atoms with van der Waals surface area (Å²) < 4.78 is 40.6. The number of piperazine rings is 1. The zero-order valence-corrected chi connectivity index (χ0v) is 19.3. The van der Waals surface area contributed by atoms with E-state index in [0.29, 0.717) is 55.0 Å². The highest BCUT2D eigenvalue weighted by atomic mass is 35.5. The molecule has 5 nitrogen and oxygen atoms in total. The number of nitrogens with one attached hydrogen (secondary N) is 1. The molecule has 4 rings (SSSR count). The maximum absolute atomic E-state index is 12.9. The third-order valence-corrected chi connectivity index (χ3v) is 6.03. The highest BCUT2D eigenvalue weighted by Gasteiger charge is 2.30. The highest BCUT2D eigenvalue weighted by Crippen LogP contribution is 2.29. The molecule has 33 heavy (non-hydrogen) atoms. The number of halogens is 4. The van der Waals surface area contributed by atoms with Gasteiger partial charge in [-0.2, -0.15) is 18.3 Å². The van der Waals surface area contributed by atoms with Gasteiger partial charge in [0.05, 0.1) is 24.0 Å². The van der Waals surface area contributed by atoms with Crippen LogP contribution in [0.3, 0.4) is 0 Å². The van der Waals surface area contributed by atoms with Crippen LogP contribution in [0.5, 0.6) is 0 Å². The van der Waals surface area contributed by atoms with E-state index in [9.17, 15) is 13.2 Å². The van der Waals surface area contributed by atoms with Gasteiger partial charge in [-0.3, -0.25) is 9.58 Å². The van der Waals surface area contributed by atoms with E-state index in [1.165, 1.54) is 12.1 Å². The lowest BCUT2D eigenvalue weighted by Crippen LogP contribution is -2.49. The number of rotatable bonds is 5. The van der Waals surface area contributed by atoms with E-state index in [-0.39, 0.29) is 0 Å². The molecule has 1 N–H and O–H groups in total. The molecule has 0 atom stereocenters. The Balaban J connectivity index is 1.26. The second-order valence-electron chi connectivity index (χ2n) is 7.95. The lowest BCUT2D eigenvalue weighted by Gasteiger charge is -2.36. The van der Waals surface area contributed by atoms with Crippen LogP contribution in [-0.2, 0) is 19.3 Å². The van der Waals surface area contributed by atoms with Gasteiger partial charge in [-0.05, 0) is 41.5 Å². The summed E-state index contributed by atoms with van der Waals surface area (Å²) in [6.45, 7) is 3.90. The summed E-state index contributed by atoms with van der Waals surface area (Å²) in [6, 6.07) is 13.1. The van der Waals surface area contributed by atoms with Crippen molar-refractivity contribution in [2.45, 2.75) is 19.3 Å². The Hall–Kier alpha value is -2.62. The first-order chi connectivity index (χ1) is 15.8. The number of aromatic nitrogens is 2. The molecule has 1 fully saturated rings. The van der Waals surface area contributed by atoms with Gasteiger partial charge in [-0.25, -0.2) is 0 Å². The molecule has 2 heterocycles. The number of hydrogen-bond acceptors (Lipinski definition) is 3. The maximum atomic E-state index is 12.9. The number of thiocarbonyl (C=S) groups is 1. The quantitative estimate of drug-likeness (QED) is 0.499. The molecule has 0 aliphatic carbocycles. The number of alkyl halides is 3. The fourth-order valence-electron chi connectivity index (χ4n) is 3.75. The van der Waals surface area contributed by atoms with Gasteiger partial charge in [0.1, 0.15) is 0 Å². The Morgan fingerprint density at radius 2 is 1.70 bits per heavy atom. The molecule has 3 aromatic rings. The van der Waals surface area contributed by atoms with Gasteiger partial charge in [0.15, 0.2) is 5.11 Å². The summed E-state index contributed by atoms with van der Waals surface area (Å²) >= 11 is 11.6. The van der Waals surface area contributed by atoms with Crippen molar-refractivity contribution >= 4 is 34.6 Å². The van der Waals surface area contributed by atoms with Gasteiger partial charge in [0, 0.05) is 43.9 Å². The zero-order chi connectivity index (χ0) is 23.4. The van der Waals surface area contributed by atoms with Crippen molar-refractivity contribution in [3.63, 3.8) is 0 Å². The molecule has 1 aromatic heterocycles. The molecule has 1 aliphatic heterocycles. The standard InChI is InChI=1S/C23H23ClF3N5S/c24-20-6-2-4-18(12-20)15-32-16-21(13-28-32)29-22(33)31-9-7-30(8-10-31)14-17-3-1-5-19(11-17)23(25,26)27/h1-6,11-13,16H,7-10,14-15H2,(H,29,33). The van der Waals surface area contributed by atoms with E-state index >= 15 is 0 Å². The minimum absolute atomic E-state index is 0.480. The summed E-state index contributed by atoms with van der Waals surface area (Å²) in [5.74, 6) is 0. The number of nitrogens with zero attached hydrogens (tertiary/aromatic N) is 4. The first-order valence-electron chi connectivity index (χ1n) is 10.5. The van der Waals surface area contributed by atoms with Crippen LogP contribution in [-0.4, -0.2) is 50.9 Å². The number of hydrogen-bond donors (Lipinski definition) is 1. The predicted octanol–water partition coefficient (Wildman–Crippen LogP) is 5.12. The molecule has 0 spiro atoms. The van der Waals surface area contributed by atoms with Crippen LogP contribution < -0.4 is 5.32 Å². The second kappa shape index (κ2) is 10.1. The van der Waals surface area contributed by atoms with Crippen molar-refractivity contribution < 1.29 is 13.2 Å². The van der Waals surface area contributed by atoms with E-state index < -0.39 is 11.7 Å². The second-order valence-corrected chi connectivity index (χ2v) is 8.77. The van der Waals surface area contributed by atoms with Crippen LogP contribution in [0, 0.1) is 0 Å². The van der Waals surface area contributed by atoms with Crippen LogP contribution in [0.4, 0.5) is 18.9 Å². The smallest absolute Gasteiger partial charge is 0.346 e. The Labute approximate surface area is 200 Å². The zero-order valence-electron chi connectivity index (χ0n) is 17.7. The van der Waals surface area contributed by atoms with Crippen molar-refractivity contribution in [1.82, 2.24) is 19.6 Å². The minimum atomic E-state index is -4.32. The molecule has 1 aliphatic rings. The average Bonchev–Trinajstić information content (AvgIpc) is 3.20. The van der Waals surface area contributed by atoms with Crippen LogP contribution >= 0.6 is 23.8 Å². The van der Waals surface area contributed by atoms with Gasteiger partial charge >= 0.3 is 6.18 Å². The molecule has 0 radical (unpaired) electrons. The molecule has 2 aromatic carbocycles. The Morgan fingerprint density at radius 1 is 1.00 bits per heavy atom. The largest absolute Gasteiger partial charge is 0.416 e. The fourth-order valence-corrected chi connectivity index (χ4v) is 4.27. The molecule has 0 unspecified atom stereocenters. The molecule has 0 saturated carbocycles. The van der Waals surface area contributed by atoms with Gasteiger partial charge in [-0.15, -0.1) is 0 Å². The van der Waals surface area contributed by atoms with E-state index in [1.807, 2.05) is 35.1 Å². The normalized spacial score (nSPS) is 15.0. The summed E-state index contributed by atoms with van der Waals surface area (Å²) in [5.41, 5.74) is 1.90. The van der Waals surface area contributed by atoms with E-state index in [4.69, 9.17) is 23.8 Å². The Kier molecular flexibility index (Phi) is 7.21. The summed E-state index contributed by atoms with van der Waals surface area (Å²) in [5, 5.41) is 8.88. The van der Waals surface area contributed by atoms with Crippen molar-refractivity contribution in [2.75, 3.05) is 31.5 Å². The van der Waals surface area contributed by atoms with Crippen LogP contribution in [0.15, 0.2) is 60.9 Å². The van der Waals surface area contributed by atoms with E-state index in [0.717, 1.165) is 17.3 Å². The topological polar surface area (TPSA) is 36.3 Å². The maximum Gasteiger partial charge on any atom is 0.416 e. The molecule has 1 saturated heterocycles. The monoisotopic (exact) mass is 493 g/mol. The molecule has 10 heteroatoms. The van der Waals surface area contributed by atoms with Crippen LogP contribution in [0.1, 0.15) is 16.7 Å². The first kappa shape index (κ1) is 23.5. The Bertz CT molecular complexity index is 1110. The molecule has 174 valence electrons. The van der Waals surface area contributed by atoms with Crippen molar-refractivity contribution in [3.8, 4) is 0 Å². The fraction of sp³-hybridized carbons (Fsp3) is 0.304.